The molecule has 1 N–H and O–H groups in total. The third kappa shape index (κ3) is 4.92. The largest absolute Gasteiger partial charge is 0.340 e. The highest BCUT2D eigenvalue weighted by Gasteiger charge is 2.25. The summed E-state index contributed by atoms with van der Waals surface area (Å²) < 4.78 is 30.2. The molecule has 0 aliphatic heterocycles. The molecule has 2 aromatic heterocycles. The number of carbonyl (C=O) groups is 1. The molecule has 3 aromatic rings. The van der Waals surface area contributed by atoms with Crippen molar-refractivity contribution in [2.24, 2.45) is 5.92 Å². The highest BCUT2D eigenvalue weighted by molar-refractivity contribution is 7.99. The average Bonchev–Trinajstić information content (AvgIpc) is 3.16. The van der Waals surface area contributed by atoms with Crippen LogP contribution in [0.25, 0.3) is 11.4 Å². The number of aromatic nitrogens is 3. The van der Waals surface area contributed by atoms with Gasteiger partial charge >= 0.3 is 0 Å². The van der Waals surface area contributed by atoms with Gasteiger partial charge in [0, 0.05) is 28.4 Å². The van der Waals surface area contributed by atoms with Crippen LogP contribution in [0.4, 0.5) is 8.78 Å². The molecule has 0 aliphatic rings. The lowest BCUT2D eigenvalue weighted by Gasteiger charge is -2.18. The smallest absolute Gasteiger partial charge is 0.288 e. The van der Waals surface area contributed by atoms with Crippen LogP contribution in [-0.4, -0.2) is 26.8 Å². The van der Waals surface area contributed by atoms with Crippen LogP contribution in [0.15, 0.2) is 58.2 Å². The van der Waals surface area contributed by atoms with Crippen molar-refractivity contribution in [3.63, 3.8) is 0 Å². The normalized spacial score (nSPS) is 12.4. The number of benzene rings is 1. The molecule has 1 atom stereocenters. The number of pyridine rings is 1. The molecule has 2 heterocycles. The fraction of sp³-hybridized carbons (Fsp3) is 0.263. The van der Waals surface area contributed by atoms with Crippen molar-refractivity contribution < 1.29 is 18.1 Å². The molecule has 1 unspecified atom stereocenters. The summed E-state index contributed by atoms with van der Waals surface area (Å²) in [6.45, 7) is 3.84. The molecule has 1 aromatic carbocycles. The number of rotatable bonds is 7. The number of nitrogens with zero attached hydrogens (tertiary/aromatic N) is 3. The van der Waals surface area contributed by atoms with Crippen molar-refractivity contribution in [2.45, 2.75) is 30.5 Å². The molecule has 0 bridgehead atoms. The number of halogens is 2. The number of hydrogen-bond donors (Lipinski definition) is 1. The summed E-state index contributed by atoms with van der Waals surface area (Å²) in [6, 6.07) is 9.07. The molecule has 0 radical (unpaired) electrons. The van der Waals surface area contributed by atoms with E-state index < -0.39 is 11.8 Å². The Morgan fingerprint density at radius 1 is 1.18 bits per heavy atom. The Labute approximate surface area is 164 Å². The molecule has 0 saturated heterocycles. The van der Waals surface area contributed by atoms with E-state index in [1.54, 1.807) is 18.5 Å². The van der Waals surface area contributed by atoms with E-state index in [1.165, 1.54) is 24.3 Å². The standard InChI is InChI=1S/C19H18F2N4O2S/c1-11(2)15(18-24-16(25-27-18)13-4-3-9-22-10-13)23-17(26)12-5-7-14(8-6-12)28-19(20)21/h3-11,15,19H,1-2H3,(H,23,26). The number of thioether (sulfide) groups is 1. The maximum absolute atomic E-state index is 12.6. The predicted molar refractivity (Wildman–Crippen MR) is 101 cm³/mol. The van der Waals surface area contributed by atoms with Gasteiger partial charge in [0.25, 0.3) is 11.7 Å². The van der Waals surface area contributed by atoms with Crippen LogP contribution < -0.4 is 5.32 Å². The molecule has 1 amide bonds. The quantitative estimate of drug-likeness (QED) is 0.581. The van der Waals surface area contributed by atoms with E-state index in [4.69, 9.17) is 4.52 Å². The van der Waals surface area contributed by atoms with Gasteiger partial charge in [-0.3, -0.25) is 9.78 Å². The Bertz CT molecular complexity index is 917. The van der Waals surface area contributed by atoms with Crippen molar-refractivity contribution in [1.82, 2.24) is 20.4 Å². The molecule has 3 rings (SSSR count). The minimum absolute atomic E-state index is 0.0141. The lowest BCUT2D eigenvalue weighted by atomic mass is 10.0. The van der Waals surface area contributed by atoms with E-state index in [9.17, 15) is 13.6 Å². The van der Waals surface area contributed by atoms with E-state index in [0.29, 0.717) is 33.6 Å². The second-order valence-corrected chi connectivity index (χ2v) is 7.36. The van der Waals surface area contributed by atoms with Gasteiger partial charge in [0.05, 0.1) is 0 Å². The van der Waals surface area contributed by atoms with Gasteiger partial charge < -0.3 is 9.84 Å². The number of nitrogens with one attached hydrogen (secondary N) is 1. The van der Waals surface area contributed by atoms with Crippen molar-refractivity contribution in [1.29, 1.82) is 0 Å². The molecule has 9 heteroatoms. The molecule has 0 spiro atoms. The number of hydrogen-bond acceptors (Lipinski definition) is 6. The fourth-order valence-electron chi connectivity index (χ4n) is 2.50. The van der Waals surface area contributed by atoms with E-state index in [2.05, 4.69) is 20.4 Å². The van der Waals surface area contributed by atoms with Gasteiger partial charge in [0.2, 0.25) is 11.7 Å². The highest BCUT2D eigenvalue weighted by Crippen LogP contribution is 2.26. The minimum atomic E-state index is -2.50. The lowest BCUT2D eigenvalue weighted by molar-refractivity contribution is 0.0914. The van der Waals surface area contributed by atoms with Crippen LogP contribution in [-0.2, 0) is 0 Å². The molecular formula is C19H18F2N4O2S. The van der Waals surface area contributed by atoms with E-state index in [0.717, 1.165) is 0 Å². The summed E-state index contributed by atoms with van der Waals surface area (Å²) in [4.78, 5) is 21.4. The lowest BCUT2D eigenvalue weighted by Crippen LogP contribution is -2.32. The number of carbonyl (C=O) groups excluding carboxylic acids is 1. The predicted octanol–water partition coefficient (Wildman–Crippen LogP) is 4.57. The first kappa shape index (κ1) is 19.9. The summed E-state index contributed by atoms with van der Waals surface area (Å²) >= 11 is 0.432. The molecule has 0 fully saturated rings. The Morgan fingerprint density at radius 3 is 2.54 bits per heavy atom. The fourth-order valence-corrected chi connectivity index (χ4v) is 3.00. The summed E-state index contributed by atoms with van der Waals surface area (Å²) in [6.07, 6.45) is 3.27. The first-order chi connectivity index (χ1) is 13.4. The van der Waals surface area contributed by atoms with Gasteiger partial charge in [0.15, 0.2) is 0 Å². The van der Waals surface area contributed by atoms with Crippen LogP contribution >= 0.6 is 11.8 Å². The SMILES string of the molecule is CC(C)C(NC(=O)c1ccc(SC(F)F)cc1)c1nc(-c2cccnc2)no1. The Hall–Kier alpha value is -2.81. The van der Waals surface area contributed by atoms with Crippen molar-refractivity contribution >= 4 is 17.7 Å². The molecule has 0 aliphatic carbocycles. The van der Waals surface area contributed by atoms with E-state index in [-0.39, 0.29) is 17.7 Å². The third-order valence-electron chi connectivity index (χ3n) is 3.92. The maximum atomic E-state index is 12.6. The second-order valence-electron chi connectivity index (χ2n) is 6.30. The molecule has 146 valence electrons. The molecule has 6 nitrogen and oxygen atoms in total. The first-order valence-electron chi connectivity index (χ1n) is 8.54. The Kier molecular flexibility index (Phi) is 6.35. The van der Waals surface area contributed by atoms with Crippen molar-refractivity contribution in [3.05, 3.63) is 60.2 Å². The highest BCUT2D eigenvalue weighted by atomic mass is 32.2. The maximum Gasteiger partial charge on any atom is 0.288 e. The number of amides is 1. The summed E-state index contributed by atoms with van der Waals surface area (Å²) in [7, 11) is 0. The van der Waals surface area contributed by atoms with Crippen LogP contribution in [0.1, 0.15) is 36.1 Å². The Balaban J connectivity index is 1.74. The van der Waals surface area contributed by atoms with E-state index in [1.807, 2.05) is 19.9 Å². The van der Waals surface area contributed by atoms with Crippen molar-refractivity contribution in [2.75, 3.05) is 0 Å². The van der Waals surface area contributed by atoms with Crippen LogP contribution in [0, 0.1) is 5.92 Å². The molecule has 0 saturated carbocycles. The second kappa shape index (κ2) is 8.92. The van der Waals surface area contributed by atoms with Gasteiger partial charge in [-0.1, -0.05) is 30.8 Å². The van der Waals surface area contributed by atoms with Gasteiger partial charge in [-0.2, -0.15) is 13.8 Å². The van der Waals surface area contributed by atoms with Gasteiger partial charge in [-0.15, -0.1) is 0 Å². The topological polar surface area (TPSA) is 80.9 Å². The first-order valence-corrected chi connectivity index (χ1v) is 9.41. The summed E-state index contributed by atoms with van der Waals surface area (Å²) in [5.74, 6) is -2.20. The third-order valence-corrected chi connectivity index (χ3v) is 4.64. The summed E-state index contributed by atoms with van der Waals surface area (Å²) in [5, 5.41) is 6.83. The Morgan fingerprint density at radius 2 is 1.93 bits per heavy atom. The van der Waals surface area contributed by atoms with E-state index >= 15 is 0 Å². The van der Waals surface area contributed by atoms with Gasteiger partial charge in [-0.25, -0.2) is 0 Å². The monoisotopic (exact) mass is 404 g/mol. The molecule has 28 heavy (non-hydrogen) atoms. The van der Waals surface area contributed by atoms with Crippen LogP contribution in [0.2, 0.25) is 0 Å². The van der Waals surface area contributed by atoms with Gasteiger partial charge in [0.1, 0.15) is 6.04 Å². The average molecular weight is 404 g/mol. The van der Waals surface area contributed by atoms with Crippen LogP contribution in [0.3, 0.4) is 0 Å². The zero-order valence-electron chi connectivity index (χ0n) is 15.2. The van der Waals surface area contributed by atoms with Gasteiger partial charge in [-0.05, 0) is 42.3 Å². The van der Waals surface area contributed by atoms with Crippen LogP contribution in [0.5, 0.6) is 0 Å². The number of alkyl halides is 2. The zero-order valence-corrected chi connectivity index (χ0v) is 16.0. The minimum Gasteiger partial charge on any atom is -0.340 e. The van der Waals surface area contributed by atoms with Crippen molar-refractivity contribution in [3.8, 4) is 11.4 Å². The molecular weight excluding hydrogens is 386 g/mol. The zero-order chi connectivity index (χ0) is 20.1. The summed E-state index contributed by atoms with van der Waals surface area (Å²) in [5.41, 5.74) is 1.06.